The van der Waals surface area contributed by atoms with Gasteiger partial charge in [-0.2, -0.15) is 0 Å². The van der Waals surface area contributed by atoms with Crippen molar-refractivity contribution in [2.24, 2.45) is 29.6 Å². The monoisotopic (exact) mass is 1630 g/mol. The van der Waals surface area contributed by atoms with Crippen molar-refractivity contribution in [3.8, 4) is 0 Å². The van der Waals surface area contributed by atoms with Gasteiger partial charge in [-0.1, -0.05) is 13.8 Å². The van der Waals surface area contributed by atoms with E-state index in [0.29, 0.717) is 24.2 Å². The van der Waals surface area contributed by atoms with Gasteiger partial charge in [0.25, 0.3) is 11.8 Å². The molecule has 1 saturated heterocycles. The van der Waals surface area contributed by atoms with Crippen molar-refractivity contribution in [1.29, 1.82) is 0 Å². The lowest BCUT2D eigenvalue weighted by molar-refractivity contribution is -0.142. The number of imide groups is 1. The number of aliphatic carboxylic acids is 9. The minimum atomic E-state index is -2.03. The lowest BCUT2D eigenvalue weighted by Gasteiger charge is -2.26. The first-order valence-electron chi connectivity index (χ1n) is 37.2. The highest BCUT2D eigenvalue weighted by atomic mass is 16.5. The maximum atomic E-state index is 14.4. The Morgan fingerprint density at radius 2 is 0.704 bits per heavy atom. The molecule has 42 nitrogen and oxygen atoms in total. The molecule has 0 aromatic carbocycles. The van der Waals surface area contributed by atoms with Crippen molar-refractivity contribution in [2.75, 3.05) is 26.3 Å². The average molecular weight is 1640 g/mol. The normalized spacial score (nSPS) is 15.7. The second-order valence-corrected chi connectivity index (χ2v) is 28.3. The Morgan fingerprint density at radius 3 is 1.01 bits per heavy atom. The maximum absolute atomic E-state index is 14.4. The zero-order chi connectivity index (χ0) is 86.9. The Bertz CT molecular complexity index is 3630. The molecule has 0 bridgehead atoms. The summed E-state index contributed by atoms with van der Waals surface area (Å²) in [5.74, 6) is -35.8. The number of likely N-dealkylation sites (tertiary alicyclic amines) is 1. The highest BCUT2D eigenvalue weighted by molar-refractivity contribution is 6.13. The van der Waals surface area contributed by atoms with Gasteiger partial charge in [0, 0.05) is 152 Å². The molecule has 638 valence electrons. The zero-order valence-electron chi connectivity index (χ0n) is 63.8. The number of amides is 9. The van der Waals surface area contributed by atoms with Gasteiger partial charge in [-0.05, 0) is 96.3 Å². The second kappa shape index (κ2) is 51.2. The highest BCUT2D eigenvalue weighted by Gasteiger charge is 2.40. The van der Waals surface area contributed by atoms with Gasteiger partial charge in [0.15, 0.2) is 34.7 Å². The van der Waals surface area contributed by atoms with Crippen molar-refractivity contribution >= 4 is 142 Å². The number of carboxylic acid groups (broad SMARTS) is 9. The van der Waals surface area contributed by atoms with Crippen LogP contribution in [0.4, 0.5) is 0 Å². The molecule has 115 heavy (non-hydrogen) atoms. The van der Waals surface area contributed by atoms with E-state index in [1.165, 1.54) is 11.8 Å². The van der Waals surface area contributed by atoms with Crippen LogP contribution in [0, 0.1) is 29.6 Å². The Morgan fingerprint density at radius 1 is 0.400 bits per heavy atom. The molecular weight excluding hydrogens is 1530 g/mol. The number of nitrogens with one attached hydrogen (secondary N) is 6. The minimum absolute atomic E-state index is 0.0678. The molecule has 15 N–H and O–H groups in total. The van der Waals surface area contributed by atoms with Gasteiger partial charge in [-0.15, -0.1) is 0 Å². The summed E-state index contributed by atoms with van der Waals surface area (Å²) in [5, 5.41) is 101. The molecular formula is C73H102N8O34. The van der Waals surface area contributed by atoms with E-state index in [0.717, 1.165) is 12.2 Å². The first-order chi connectivity index (χ1) is 53.9. The number of carbonyl (C=O) groups excluding carboxylic acids is 15. The Labute approximate surface area is 657 Å². The van der Waals surface area contributed by atoms with Crippen LogP contribution in [0.1, 0.15) is 201 Å². The average Bonchev–Trinajstić information content (AvgIpc) is 1.80. The van der Waals surface area contributed by atoms with Gasteiger partial charge < -0.3 is 87.5 Å². The molecule has 11 atom stereocenters. The number of ether oxygens (including phenoxy) is 1. The van der Waals surface area contributed by atoms with Crippen LogP contribution in [0.25, 0.3) is 0 Å². The maximum Gasteiger partial charge on any atom is 0.303 e. The van der Waals surface area contributed by atoms with Crippen LogP contribution in [-0.4, -0.2) is 266 Å². The number of hydrogen-bond donors (Lipinski definition) is 15. The summed E-state index contributed by atoms with van der Waals surface area (Å²) in [5.41, 5.74) is 0. The fourth-order valence-electron chi connectivity index (χ4n) is 12.4. The summed E-state index contributed by atoms with van der Waals surface area (Å²) in [6, 6.07) is -11.0. The van der Waals surface area contributed by atoms with Crippen molar-refractivity contribution in [1.82, 2.24) is 41.7 Å². The van der Waals surface area contributed by atoms with E-state index < -0.39 is 369 Å². The number of rotatable bonds is 63. The molecule has 0 aromatic heterocycles. The number of nitrogens with zero attached hydrogens (tertiary/aromatic N) is 2. The van der Waals surface area contributed by atoms with Gasteiger partial charge >= 0.3 is 53.7 Å². The van der Waals surface area contributed by atoms with Crippen LogP contribution in [0.15, 0.2) is 12.2 Å². The number of ketones is 6. The molecule has 0 spiro atoms. The quantitative estimate of drug-likeness (QED) is 0.0264. The Kier molecular flexibility index (Phi) is 44.3. The van der Waals surface area contributed by atoms with Crippen LogP contribution in [-0.2, 0) is 120 Å². The van der Waals surface area contributed by atoms with E-state index in [4.69, 9.17) is 4.74 Å². The lowest BCUT2D eigenvalue weighted by atomic mass is 9.88. The summed E-state index contributed by atoms with van der Waals surface area (Å²) in [6.45, 7) is 4.00. The Balaban J connectivity index is 2.48. The van der Waals surface area contributed by atoms with E-state index in [1.54, 1.807) is 0 Å². The van der Waals surface area contributed by atoms with Gasteiger partial charge in [0.05, 0.1) is 36.3 Å². The standard InChI is InChI=1S/C73H102N8O34/c1-38(2)32-49(39(3)82)79-73(114)50-6-4-29-80(50)59(91)37-115-31-5-7-51(83)44(12-23-64(100)101)75-69(110)41(9-20-61(94)95)34-53(85)46(14-25-66(104)105)77-71(112)43(11-22-63(98)99)36-55(87)48(16-27-68(108)109)78-72(113)42(10-21-62(96)97)35-54(86)47(15-26-67(106)107)76-70(111)40(8-19-60(92)93)33-52(84)45(13-24-65(102)103)74-56(88)28-30-81-57(89)17-18-58(81)90/h17-18,38,40-50H,4-16,19-37H2,1-3H3,(H,74,88)(H,75,110)(H,76,111)(H,77,112)(H,78,113)(H,79,114)(H,92,93)(H,94,95)(H,96,97)(H,98,99)(H,100,101)(H,102,103)(H,104,105)(H,106,107)(H,108,109)/t40-,41-,42-,43-,44+,45+,46+,47+,48+,49-,50-/m0/s1. The van der Waals surface area contributed by atoms with E-state index in [1.807, 2.05) is 13.8 Å². The smallest absolute Gasteiger partial charge is 0.303 e. The largest absolute Gasteiger partial charge is 0.481 e. The second-order valence-electron chi connectivity index (χ2n) is 28.3. The third-order valence-corrected chi connectivity index (χ3v) is 18.7. The summed E-state index contributed by atoms with van der Waals surface area (Å²) < 4.78 is 5.51. The predicted molar refractivity (Wildman–Crippen MR) is 386 cm³/mol. The van der Waals surface area contributed by atoms with E-state index in [9.17, 15) is 161 Å². The Hall–Kier alpha value is -11.6. The molecule has 9 amide bonds. The van der Waals surface area contributed by atoms with Crippen molar-refractivity contribution < 1.29 is 166 Å². The minimum Gasteiger partial charge on any atom is -0.481 e. The summed E-state index contributed by atoms with van der Waals surface area (Å²) >= 11 is 0. The highest BCUT2D eigenvalue weighted by Crippen LogP contribution is 2.25. The molecule has 2 aliphatic heterocycles. The summed E-state index contributed by atoms with van der Waals surface area (Å²) in [6.07, 6.45) is -16.9. The number of carbonyl (C=O) groups is 24. The molecule has 0 unspecified atom stereocenters. The van der Waals surface area contributed by atoms with Crippen LogP contribution in [0.5, 0.6) is 0 Å². The SMILES string of the molecule is CC(=O)[C@H](CC(C)C)NC(=O)[C@@H]1CCCN1C(=O)COCCCC(=O)[C@@H](CCC(=O)O)NC(=O)[C@@H](CCC(=O)O)CC(=O)[C@@H](CCC(=O)O)NC(=O)[C@@H](CCC(=O)O)CC(=O)[C@@H](CCC(=O)O)NC(=O)[C@@H](CCC(=O)O)CC(=O)[C@@H](CCC(=O)O)NC(=O)[C@@H](CCC(=O)O)CC(=O)[C@@H](CCC(=O)O)NC(=O)CCN1C(=O)C=CC1=O. The summed E-state index contributed by atoms with van der Waals surface area (Å²) in [4.78, 5) is 312. The van der Waals surface area contributed by atoms with Crippen LogP contribution < -0.4 is 31.9 Å². The third kappa shape index (κ3) is 39.6. The van der Waals surface area contributed by atoms with Gasteiger partial charge in [0.1, 0.15) is 12.6 Å². The van der Waals surface area contributed by atoms with E-state index in [2.05, 4.69) is 31.9 Å². The molecule has 0 aliphatic carbocycles. The fourth-order valence-corrected chi connectivity index (χ4v) is 12.4. The van der Waals surface area contributed by atoms with E-state index in [-0.39, 0.29) is 31.3 Å². The lowest BCUT2D eigenvalue weighted by Crippen LogP contribution is -2.51. The van der Waals surface area contributed by atoms with Crippen molar-refractivity contribution in [3.63, 3.8) is 0 Å². The van der Waals surface area contributed by atoms with Gasteiger partial charge in [0.2, 0.25) is 41.4 Å². The van der Waals surface area contributed by atoms with Gasteiger partial charge in [-0.25, -0.2) is 0 Å². The van der Waals surface area contributed by atoms with Crippen molar-refractivity contribution in [2.45, 2.75) is 243 Å². The number of hydrogen-bond acceptors (Lipinski definition) is 25. The summed E-state index contributed by atoms with van der Waals surface area (Å²) in [7, 11) is 0. The number of Topliss-reactive ketones (excluding diaryl/α,β-unsaturated/α-hetero) is 6. The van der Waals surface area contributed by atoms with Crippen molar-refractivity contribution in [3.05, 3.63) is 12.2 Å². The fraction of sp³-hybridized carbons (Fsp3) is 0.644. The van der Waals surface area contributed by atoms with Crippen LogP contribution in [0.2, 0.25) is 0 Å². The van der Waals surface area contributed by atoms with E-state index >= 15 is 0 Å². The molecule has 1 fully saturated rings. The first kappa shape index (κ1) is 99.5. The molecule has 2 rings (SSSR count). The van der Waals surface area contributed by atoms with Crippen LogP contribution in [0.3, 0.4) is 0 Å². The first-order valence-corrected chi connectivity index (χ1v) is 37.2. The molecule has 0 saturated carbocycles. The zero-order valence-corrected chi connectivity index (χ0v) is 63.8. The molecule has 2 aliphatic rings. The molecule has 0 aromatic rings. The van der Waals surface area contributed by atoms with Gasteiger partial charge in [-0.3, -0.25) is 120 Å². The predicted octanol–water partition coefficient (Wildman–Crippen LogP) is -0.713. The number of carboxylic acids is 9. The molecule has 2 heterocycles. The van der Waals surface area contributed by atoms with Crippen LogP contribution >= 0.6 is 0 Å². The topological polar surface area (TPSA) is 680 Å². The molecule has 0 radical (unpaired) electrons. The molecule has 42 heteroatoms. The third-order valence-electron chi connectivity index (χ3n) is 18.7.